The average Bonchev–Trinajstić information content (AvgIpc) is 2.74. The number of pyridine rings is 1. The van der Waals surface area contributed by atoms with E-state index in [1.165, 1.54) is 0 Å². The minimum atomic E-state index is -0.322. The molecule has 148 valence electrons. The average molecular weight is 381 g/mol. The molecule has 6 heteroatoms. The van der Waals surface area contributed by atoms with Gasteiger partial charge >= 0.3 is 0 Å². The SMILES string of the molecule is CCN1C(=O)CC[C@@H](C(=O)NCCc2ccccn2)[C@@H]1c1ccccc1OC. The van der Waals surface area contributed by atoms with E-state index in [0.717, 1.165) is 11.3 Å². The largest absolute Gasteiger partial charge is 0.496 e. The predicted molar refractivity (Wildman–Crippen MR) is 107 cm³/mol. The highest BCUT2D eigenvalue weighted by molar-refractivity contribution is 5.85. The van der Waals surface area contributed by atoms with E-state index >= 15 is 0 Å². The van der Waals surface area contributed by atoms with Gasteiger partial charge in [0.2, 0.25) is 11.8 Å². The van der Waals surface area contributed by atoms with E-state index < -0.39 is 0 Å². The van der Waals surface area contributed by atoms with E-state index in [1.54, 1.807) is 18.2 Å². The lowest BCUT2D eigenvalue weighted by molar-refractivity contribution is -0.143. The lowest BCUT2D eigenvalue weighted by Gasteiger charge is -2.40. The van der Waals surface area contributed by atoms with Crippen molar-refractivity contribution in [2.75, 3.05) is 20.2 Å². The Kier molecular flexibility index (Phi) is 6.63. The molecular weight excluding hydrogens is 354 g/mol. The van der Waals surface area contributed by atoms with Crippen LogP contribution in [0.25, 0.3) is 0 Å². The molecule has 2 aromatic rings. The van der Waals surface area contributed by atoms with Crippen molar-refractivity contribution in [1.82, 2.24) is 15.2 Å². The monoisotopic (exact) mass is 381 g/mol. The van der Waals surface area contributed by atoms with Gasteiger partial charge in [-0.15, -0.1) is 0 Å². The molecule has 28 heavy (non-hydrogen) atoms. The first-order valence-electron chi connectivity index (χ1n) is 9.75. The molecule has 1 fully saturated rings. The van der Waals surface area contributed by atoms with Gasteiger partial charge in [0.1, 0.15) is 5.75 Å². The van der Waals surface area contributed by atoms with Gasteiger partial charge in [-0.05, 0) is 31.5 Å². The normalized spacial score (nSPS) is 19.4. The second-order valence-corrected chi connectivity index (χ2v) is 6.87. The topological polar surface area (TPSA) is 71.5 Å². The van der Waals surface area contributed by atoms with Crippen LogP contribution in [-0.2, 0) is 16.0 Å². The quantitative estimate of drug-likeness (QED) is 0.801. The highest BCUT2D eigenvalue weighted by atomic mass is 16.5. The Bertz CT molecular complexity index is 810. The Morgan fingerprint density at radius 3 is 2.75 bits per heavy atom. The van der Waals surface area contributed by atoms with Gasteiger partial charge in [-0.2, -0.15) is 0 Å². The molecule has 2 heterocycles. The zero-order valence-electron chi connectivity index (χ0n) is 16.4. The van der Waals surface area contributed by atoms with Crippen molar-refractivity contribution in [3.8, 4) is 5.75 Å². The van der Waals surface area contributed by atoms with Gasteiger partial charge in [-0.25, -0.2) is 0 Å². The van der Waals surface area contributed by atoms with Crippen molar-refractivity contribution in [2.24, 2.45) is 5.92 Å². The third kappa shape index (κ3) is 4.32. The van der Waals surface area contributed by atoms with E-state index in [0.29, 0.717) is 38.1 Å². The smallest absolute Gasteiger partial charge is 0.225 e. The van der Waals surface area contributed by atoms with Gasteiger partial charge in [-0.3, -0.25) is 14.6 Å². The molecule has 0 bridgehead atoms. The first-order chi connectivity index (χ1) is 13.7. The number of piperidine rings is 1. The first-order valence-corrected chi connectivity index (χ1v) is 9.75. The molecule has 6 nitrogen and oxygen atoms in total. The molecule has 1 saturated heterocycles. The van der Waals surface area contributed by atoms with Crippen LogP contribution in [-0.4, -0.2) is 41.9 Å². The first kappa shape index (κ1) is 19.9. The van der Waals surface area contributed by atoms with Crippen LogP contribution in [0.1, 0.15) is 37.1 Å². The van der Waals surface area contributed by atoms with Crippen LogP contribution < -0.4 is 10.1 Å². The summed E-state index contributed by atoms with van der Waals surface area (Å²) in [6.07, 6.45) is 3.35. The Hall–Kier alpha value is -2.89. The summed E-state index contributed by atoms with van der Waals surface area (Å²) in [6, 6.07) is 13.1. The lowest BCUT2D eigenvalue weighted by Crippen LogP contribution is -2.48. The maximum Gasteiger partial charge on any atom is 0.225 e. The Morgan fingerprint density at radius 2 is 2.04 bits per heavy atom. The summed E-state index contributed by atoms with van der Waals surface area (Å²) < 4.78 is 5.52. The van der Waals surface area contributed by atoms with Gasteiger partial charge in [0.25, 0.3) is 0 Å². The van der Waals surface area contributed by atoms with E-state index in [1.807, 2.05) is 49.4 Å². The van der Waals surface area contributed by atoms with Gasteiger partial charge in [0, 0.05) is 43.4 Å². The minimum absolute atomic E-state index is 0.0298. The van der Waals surface area contributed by atoms with Gasteiger partial charge < -0.3 is 15.0 Å². The minimum Gasteiger partial charge on any atom is -0.496 e. The van der Waals surface area contributed by atoms with E-state index in [-0.39, 0.29) is 23.8 Å². The number of benzene rings is 1. The highest BCUT2D eigenvalue weighted by Crippen LogP contribution is 2.40. The molecule has 2 amide bonds. The predicted octanol–water partition coefficient (Wildman–Crippen LogP) is 2.75. The van der Waals surface area contributed by atoms with Crippen molar-refractivity contribution in [3.63, 3.8) is 0 Å². The fraction of sp³-hybridized carbons (Fsp3) is 0.409. The number of hydrogen-bond donors (Lipinski definition) is 1. The lowest BCUT2D eigenvalue weighted by atomic mass is 9.83. The Morgan fingerprint density at radius 1 is 1.25 bits per heavy atom. The second-order valence-electron chi connectivity index (χ2n) is 6.87. The van der Waals surface area contributed by atoms with Crippen molar-refractivity contribution in [3.05, 3.63) is 59.9 Å². The standard InChI is InChI=1S/C22H27N3O3/c1-3-25-20(26)12-11-18(21(25)17-9-4-5-10-19(17)28-2)22(27)24-15-13-16-8-6-7-14-23-16/h4-10,14,18,21H,3,11-13,15H2,1-2H3,(H,24,27)/t18-,21+/m1/s1. The molecule has 0 aliphatic carbocycles. The third-order valence-corrected chi connectivity index (χ3v) is 5.25. The molecule has 0 radical (unpaired) electrons. The van der Waals surface area contributed by atoms with Crippen LogP contribution in [0.5, 0.6) is 5.75 Å². The summed E-state index contributed by atoms with van der Waals surface area (Å²) in [5.74, 6) is 0.443. The number of nitrogens with zero attached hydrogens (tertiary/aromatic N) is 2. The molecule has 2 atom stereocenters. The molecular formula is C22H27N3O3. The number of likely N-dealkylation sites (tertiary alicyclic amines) is 1. The fourth-order valence-electron chi connectivity index (χ4n) is 3.89. The zero-order chi connectivity index (χ0) is 19.9. The maximum atomic E-state index is 13.0. The zero-order valence-corrected chi connectivity index (χ0v) is 16.4. The summed E-state index contributed by atoms with van der Waals surface area (Å²) >= 11 is 0. The van der Waals surface area contributed by atoms with E-state index in [9.17, 15) is 9.59 Å². The number of carbonyl (C=O) groups excluding carboxylic acids is 2. The molecule has 1 aliphatic rings. The van der Waals surface area contributed by atoms with E-state index in [4.69, 9.17) is 4.74 Å². The Balaban J connectivity index is 1.78. The molecule has 1 aromatic carbocycles. The Labute approximate surface area is 165 Å². The van der Waals surface area contributed by atoms with Crippen molar-refractivity contribution < 1.29 is 14.3 Å². The summed E-state index contributed by atoms with van der Waals surface area (Å²) in [5.41, 5.74) is 1.82. The van der Waals surface area contributed by atoms with Crippen LogP contribution in [0.4, 0.5) is 0 Å². The van der Waals surface area contributed by atoms with Crippen LogP contribution >= 0.6 is 0 Å². The molecule has 3 rings (SSSR count). The van der Waals surface area contributed by atoms with Crippen molar-refractivity contribution in [2.45, 2.75) is 32.2 Å². The van der Waals surface area contributed by atoms with Gasteiger partial charge in [-0.1, -0.05) is 24.3 Å². The van der Waals surface area contributed by atoms with Crippen molar-refractivity contribution >= 4 is 11.8 Å². The fourth-order valence-corrected chi connectivity index (χ4v) is 3.89. The summed E-state index contributed by atoms with van der Waals surface area (Å²) in [4.78, 5) is 31.6. The molecule has 1 N–H and O–H groups in total. The number of ether oxygens (including phenoxy) is 1. The second kappa shape index (κ2) is 9.35. The molecule has 1 aliphatic heterocycles. The molecule has 0 unspecified atom stereocenters. The number of aromatic nitrogens is 1. The maximum absolute atomic E-state index is 13.0. The molecule has 0 saturated carbocycles. The van der Waals surface area contributed by atoms with Crippen LogP contribution in [0, 0.1) is 5.92 Å². The summed E-state index contributed by atoms with van der Waals surface area (Å²) in [5, 5.41) is 3.04. The summed E-state index contributed by atoms with van der Waals surface area (Å²) in [7, 11) is 1.61. The van der Waals surface area contributed by atoms with Crippen LogP contribution in [0.15, 0.2) is 48.7 Å². The number of methoxy groups -OCH3 is 1. The number of rotatable bonds is 7. The van der Waals surface area contributed by atoms with Crippen LogP contribution in [0.2, 0.25) is 0 Å². The number of para-hydroxylation sites is 1. The third-order valence-electron chi connectivity index (χ3n) is 5.25. The van der Waals surface area contributed by atoms with Crippen molar-refractivity contribution in [1.29, 1.82) is 0 Å². The number of carbonyl (C=O) groups is 2. The highest BCUT2D eigenvalue weighted by Gasteiger charge is 2.41. The number of amides is 2. The van der Waals surface area contributed by atoms with Crippen LogP contribution in [0.3, 0.4) is 0 Å². The summed E-state index contributed by atoms with van der Waals surface area (Å²) in [6.45, 7) is 3.02. The number of hydrogen-bond acceptors (Lipinski definition) is 4. The van der Waals surface area contributed by atoms with E-state index in [2.05, 4.69) is 10.3 Å². The number of nitrogens with one attached hydrogen (secondary N) is 1. The molecule has 1 aromatic heterocycles. The van der Waals surface area contributed by atoms with Gasteiger partial charge in [0.05, 0.1) is 19.1 Å². The molecule has 0 spiro atoms. The van der Waals surface area contributed by atoms with Gasteiger partial charge in [0.15, 0.2) is 0 Å².